The van der Waals surface area contributed by atoms with E-state index in [1.807, 2.05) is 30.3 Å². The molecule has 0 unspecified atom stereocenters. The second-order valence-corrected chi connectivity index (χ2v) is 4.99. The summed E-state index contributed by atoms with van der Waals surface area (Å²) in [4.78, 5) is 13.8. The van der Waals surface area contributed by atoms with Gasteiger partial charge in [-0.15, -0.1) is 0 Å². The molecule has 1 fully saturated rings. The minimum absolute atomic E-state index is 0.0121. The SMILES string of the molecule is CO[C@@H]1CNCC[C@@H]1N(C)C(=O)OCc1ccccc1. The van der Waals surface area contributed by atoms with Crippen LogP contribution in [0.1, 0.15) is 12.0 Å². The molecule has 1 saturated heterocycles. The third-order valence-corrected chi connectivity index (χ3v) is 3.68. The van der Waals surface area contributed by atoms with Crippen molar-refractivity contribution in [3.8, 4) is 0 Å². The fourth-order valence-electron chi connectivity index (χ4n) is 2.46. The monoisotopic (exact) mass is 278 g/mol. The van der Waals surface area contributed by atoms with Gasteiger partial charge in [0.1, 0.15) is 6.61 Å². The first-order valence-corrected chi connectivity index (χ1v) is 6.89. The zero-order valence-electron chi connectivity index (χ0n) is 12.0. The van der Waals surface area contributed by atoms with Crippen molar-refractivity contribution >= 4 is 6.09 Å². The first-order valence-electron chi connectivity index (χ1n) is 6.89. The lowest BCUT2D eigenvalue weighted by atomic mass is 10.0. The molecule has 0 saturated carbocycles. The molecular weight excluding hydrogens is 256 g/mol. The Morgan fingerprint density at radius 3 is 2.85 bits per heavy atom. The van der Waals surface area contributed by atoms with Crippen molar-refractivity contribution in [2.45, 2.75) is 25.2 Å². The van der Waals surface area contributed by atoms with Gasteiger partial charge in [0.05, 0.1) is 12.1 Å². The molecule has 110 valence electrons. The van der Waals surface area contributed by atoms with Crippen molar-refractivity contribution in [1.82, 2.24) is 10.2 Å². The van der Waals surface area contributed by atoms with Crippen molar-refractivity contribution in [3.05, 3.63) is 35.9 Å². The summed E-state index contributed by atoms with van der Waals surface area (Å²) in [5.41, 5.74) is 0.989. The predicted octanol–water partition coefficient (Wildman–Crippen LogP) is 1.63. The van der Waals surface area contributed by atoms with E-state index in [0.717, 1.165) is 25.1 Å². The Labute approximate surface area is 119 Å². The zero-order chi connectivity index (χ0) is 14.4. The van der Waals surface area contributed by atoms with Crippen molar-refractivity contribution in [2.24, 2.45) is 0 Å². The number of hydrogen-bond acceptors (Lipinski definition) is 4. The second-order valence-electron chi connectivity index (χ2n) is 4.99. The molecule has 1 amide bonds. The lowest BCUT2D eigenvalue weighted by Gasteiger charge is -2.36. The van der Waals surface area contributed by atoms with Crippen LogP contribution < -0.4 is 5.32 Å². The largest absolute Gasteiger partial charge is 0.445 e. The molecule has 5 nitrogen and oxygen atoms in total. The van der Waals surface area contributed by atoms with E-state index >= 15 is 0 Å². The maximum Gasteiger partial charge on any atom is 0.410 e. The molecule has 1 aliphatic heterocycles. The molecule has 20 heavy (non-hydrogen) atoms. The molecule has 2 rings (SSSR count). The van der Waals surface area contributed by atoms with Gasteiger partial charge < -0.3 is 19.7 Å². The normalized spacial score (nSPS) is 22.3. The Hall–Kier alpha value is -1.59. The van der Waals surface area contributed by atoms with Gasteiger partial charge in [-0.1, -0.05) is 30.3 Å². The Morgan fingerprint density at radius 1 is 1.40 bits per heavy atom. The molecule has 5 heteroatoms. The van der Waals surface area contributed by atoms with E-state index in [9.17, 15) is 4.79 Å². The van der Waals surface area contributed by atoms with E-state index in [4.69, 9.17) is 9.47 Å². The Morgan fingerprint density at radius 2 is 2.15 bits per heavy atom. The molecule has 1 aromatic rings. The number of methoxy groups -OCH3 is 1. The highest BCUT2D eigenvalue weighted by atomic mass is 16.6. The number of rotatable bonds is 4. The number of benzene rings is 1. The van der Waals surface area contributed by atoms with E-state index in [2.05, 4.69) is 5.32 Å². The third kappa shape index (κ3) is 3.71. The minimum Gasteiger partial charge on any atom is -0.445 e. The van der Waals surface area contributed by atoms with Crippen molar-refractivity contribution in [3.63, 3.8) is 0 Å². The molecule has 1 aromatic carbocycles. The van der Waals surface area contributed by atoms with Gasteiger partial charge in [0, 0.05) is 20.7 Å². The number of likely N-dealkylation sites (N-methyl/N-ethyl adjacent to an activating group) is 1. The van der Waals surface area contributed by atoms with Crippen LogP contribution in [0.5, 0.6) is 0 Å². The van der Waals surface area contributed by atoms with Gasteiger partial charge in [-0.25, -0.2) is 4.79 Å². The van der Waals surface area contributed by atoms with Crippen LogP contribution in [0.25, 0.3) is 0 Å². The first kappa shape index (κ1) is 14.8. The second kappa shape index (κ2) is 7.26. The molecule has 0 radical (unpaired) electrons. The van der Waals surface area contributed by atoms with Crippen molar-refractivity contribution in [2.75, 3.05) is 27.2 Å². The Bertz CT molecular complexity index is 424. The quantitative estimate of drug-likeness (QED) is 0.909. The molecule has 1 N–H and O–H groups in total. The summed E-state index contributed by atoms with van der Waals surface area (Å²) >= 11 is 0. The number of ether oxygens (including phenoxy) is 2. The summed E-state index contributed by atoms with van der Waals surface area (Å²) in [5.74, 6) is 0. The summed E-state index contributed by atoms with van der Waals surface area (Å²) in [6, 6.07) is 9.74. The van der Waals surface area contributed by atoms with Crippen LogP contribution in [0.15, 0.2) is 30.3 Å². The van der Waals surface area contributed by atoms with Gasteiger partial charge in [0.2, 0.25) is 0 Å². The average molecular weight is 278 g/mol. The lowest BCUT2D eigenvalue weighted by molar-refractivity contribution is 0.00270. The molecule has 0 aliphatic carbocycles. The summed E-state index contributed by atoms with van der Waals surface area (Å²) in [5, 5.41) is 3.26. The molecule has 0 spiro atoms. The topological polar surface area (TPSA) is 50.8 Å². The minimum atomic E-state index is -0.303. The van der Waals surface area contributed by atoms with Crippen molar-refractivity contribution < 1.29 is 14.3 Å². The van der Waals surface area contributed by atoms with Crippen LogP contribution >= 0.6 is 0 Å². The maximum absolute atomic E-state index is 12.1. The summed E-state index contributed by atoms with van der Waals surface area (Å²) in [6.07, 6.45) is 0.580. The van der Waals surface area contributed by atoms with Crippen LogP contribution in [-0.2, 0) is 16.1 Å². The van der Waals surface area contributed by atoms with Gasteiger partial charge >= 0.3 is 6.09 Å². The number of nitrogens with one attached hydrogen (secondary N) is 1. The van der Waals surface area contributed by atoms with E-state index in [-0.39, 0.29) is 18.2 Å². The summed E-state index contributed by atoms with van der Waals surface area (Å²) in [6.45, 7) is 1.95. The third-order valence-electron chi connectivity index (χ3n) is 3.68. The van der Waals surface area contributed by atoms with Gasteiger partial charge in [0.15, 0.2) is 0 Å². The molecular formula is C15H22N2O3. The average Bonchev–Trinajstić information content (AvgIpc) is 2.52. The van der Waals surface area contributed by atoms with Crippen molar-refractivity contribution in [1.29, 1.82) is 0 Å². The van der Waals surface area contributed by atoms with Crippen LogP contribution in [0.2, 0.25) is 0 Å². The van der Waals surface area contributed by atoms with E-state index in [1.54, 1.807) is 19.1 Å². The number of hydrogen-bond donors (Lipinski definition) is 1. The highest BCUT2D eigenvalue weighted by Crippen LogP contribution is 2.15. The lowest BCUT2D eigenvalue weighted by Crippen LogP contribution is -2.54. The highest BCUT2D eigenvalue weighted by molar-refractivity contribution is 5.67. The zero-order valence-corrected chi connectivity index (χ0v) is 12.0. The van der Waals surface area contributed by atoms with Crippen LogP contribution in [0.3, 0.4) is 0 Å². The summed E-state index contributed by atoms with van der Waals surface area (Å²) < 4.78 is 10.8. The van der Waals surface area contributed by atoms with Crippen LogP contribution in [0.4, 0.5) is 4.79 Å². The predicted molar refractivity (Wildman–Crippen MR) is 76.5 cm³/mol. The molecule has 0 bridgehead atoms. The number of carbonyl (C=O) groups is 1. The maximum atomic E-state index is 12.1. The smallest absolute Gasteiger partial charge is 0.410 e. The van der Waals surface area contributed by atoms with Gasteiger partial charge in [-0.2, -0.15) is 0 Å². The molecule has 2 atom stereocenters. The number of carbonyl (C=O) groups excluding carboxylic acids is 1. The van der Waals surface area contributed by atoms with E-state index < -0.39 is 0 Å². The molecule has 1 heterocycles. The summed E-state index contributed by atoms with van der Waals surface area (Å²) in [7, 11) is 3.45. The Balaban J connectivity index is 1.87. The number of amides is 1. The first-order chi connectivity index (χ1) is 9.72. The highest BCUT2D eigenvalue weighted by Gasteiger charge is 2.31. The standard InChI is InChI=1S/C15H22N2O3/c1-17(13-8-9-16-10-14(13)19-2)15(18)20-11-12-6-4-3-5-7-12/h3-7,13-14,16H,8-11H2,1-2H3/t13-,14+/m0/s1. The van der Waals surface area contributed by atoms with Gasteiger partial charge in [0.25, 0.3) is 0 Å². The van der Waals surface area contributed by atoms with Crippen LogP contribution in [0, 0.1) is 0 Å². The number of nitrogens with zero attached hydrogens (tertiary/aromatic N) is 1. The molecule has 0 aromatic heterocycles. The number of piperidine rings is 1. The fourth-order valence-corrected chi connectivity index (χ4v) is 2.46. The Kier molecular flexibility index (Phi) is 5.38. The molecule has 1 aliphatic rings. The van der Waals surface area contributed by atoms with Gasteiger partial charge in [-0.05, 0) is 18.5 Å². The van der Waals surface area contributed by atoms with E-state index in [1.165, 1.54) is 0 Å². The fraction of sp³-hybridized carbons (Fsp3) is 0.533. The van der Waals surface area contributed by atoms with Crippen LogP contribution in [-0.4, -0.2) is 50.4 Å². The van der Waals surface area contributed by atoms with E-state index in [0.29, 0.717) is 6.61 Å². The van der Waals surface area contributed by atoms with Gasteiger partial charge in [-0.3, -0.25) is 0 Å².